The highest BCUT2D eigenvalue weighted by molar-refractivity contribution is 5.84. The van der Waals surface area contributed by atoms with E-state index in [0.717, 1.165) is 28.2 Å². The molecule has 1 N–H and O–H groups in total. The molecule has 0 aliphatic heterocycles. The molecule has 4 aromatic carbocycles. The molecule has 0 spiro atoms. The van der Waals surface area contributed by atoms with Crippen LogP contribution in [0.4, 0.5) is 11.4 Å². The van der Waals surface area contributed by atoms with Gasteiger partial charge in [-0.05, 0) is 53.1 Å². The van der Waals surface area contributed by atoms with Gasteiger partial charge in [0, 0.05) is 28.7 Å². The average Bonchev–Trinajstić information content (AvgIpc) is 2.86. The minimum atomic E-state index is 0.958. The van der Waals surface area contributed by atoms with Crippen molar-refractivity contribution in [3.05, 3.63) is 128 Å². The Hall–Kier alpha value is -4.17. The number of nitrogens with zero attached hydrogens (tertiary/aromatic N) is 1. The number of aromatic nitrogens is 1. The second-order valence-electron chi connectivity index (χ2n) is 7.42. The highest BCUT2D eigenvalue weighted by Crippen LogP contribution is 2.34. The first-order valence-electron chi connectivity index (χ1n) is 10.4. The van der Waals surface area contributed by atoms with E-state index >= 15 is 0 Å². The van der Waals surface area contributed by atoms with E-state index in [1.807, 2.05) is 36.5 Å². The first-order valence-corrected chi connectivity index (χ1v) is 10.4. The van der Waals surface area contributed by atoms with Crippen molar-refractivity contribution in [3.8, 4) is 33.5 Å². The van der Waals surface area contributed by atoms with Crippen LogP contribution in [-0.4, -0.2) is 4.98 Å². The van der Waals surface area contributed by atoms with Gasteiger partial charge in [-0.25, -0.2) is 0 Å². The highest BCUT2D eigenvalue weighted by Gasteiger charge is 2.09. The van der Waals surface area contributed by atoms with Gasteiger partial charge in [0.05, 0.1) is 5.69 Å². The molecule has 1 heterocycles. The van der Waals surface area contributed by atoms with Crippen molar-refractivity contribution >= 4 is 11.4 Å². The molecule has 0 bridgehead atoms. The predicted octanol–water partition coefficient (Wildman–Crippen LogP) is 7.83. The van der Waals surface area contributed by atoms with Crippen molar-refractivity contribution in [2.45, 2.75) is 0 Å². The largest absolute Gasteiger partial charge is 0.355 e. The van der Waals surface area contributed by atoms with Gasteiger partial charge in [0.25, 0.3) is 0 Å². The molecule has 0 saturated heterocycles. The zero-order valence-corrected chi connectivity index (χ0v) is 17.1. The average molecular weight is 399 g/mol. The molecule has 2 heteroatoms. The number of hydrogen-bond donors (Lipinski definition) is 1. The lowest BCUT2D eigenvalue weighted by Gasteiger charge is -2.15. The fourth-order valence-corrected chi connectivity index (χ4v) is 3.80. The van der Waals surface area contributed by atoms with Crippen LogP contribution in [0.2, 0.25) is 0 Å². The number of rotatable bonds is 5. The third-order valence-electron chi connectivity index (χ3n) is 5.29. The summed E-state index contributed by atoms with van der Waals surface area (Å²) in [6.45, 7) is 0. The van der Waals surface area contributed by atoms with E-state index in [0.29, 0.717) is 0 Å². The number of nitrogens with one attached hydrogen (secondary N) is 1. The lowest BCUT2D eigenvalue weighted by molar-refractivity contribution is 1.33. The van der Waals surface area contributed by atoms with Gasteiger partial charge in [0.1, 0.15) is 0 Å². The molecule has 148 valence electrons. The molecule has 1 aromatic heterocycles. The molecule has 0 aliphatic carbocycles. The predicted molar refractivity (Wildman–Crippen MR) is 130 cm³/mol. The van der Waals surface area contributed by atoms with Crippen LogP contribution in [0.15, 0.2) is 128 Å². The van der Waals surface area contributed by atoms with E-state index in [2.05, 4.69) is 101 Å². The maximum atomic E-state index is 4.57. The van der Waals surface area contributed by atoms with Crippen LogP contribution in [0.25, 0.3) is 33.5 Å². The molecule has 31 heavy (non-hydrogen) atoms. The quantitative estimate of drug-likeness (QED) is 0.326. The van der Waals surface area contributed by atoms with E-state index in [9.17, 15) is 0 Å². The van der Waals surface area contributed by atoms with Gasteiger partial charge in [-0.1, -0.05) is 84.9 Å². The molecular formula is C29H22N2. The summed E-state index contributed by atoms with van der Waals surface area (Å²) in [5.41, 5.74) is 8.85. The maximum Gasteiger partial charge on any atom is 0.0702 e. The second kappa shape index (κ2) is 8.68. The van der Waals surface area contributed by atoms with Crippen molar-refractivity contribution in [1.29, 1.82) is 0 Å². The van der Waals surface area contributed by atoms with Crippen LogP contribution in [-0.2, 0) is 0 Å². The van der Waals surface area contributed by atoms with Gasteiger partial charge in [-0.3, -0.25) is 4.98 Å². The molecule has 0 radical (unpaired) electrons. The SMILES string of the molecule is c1ccc(-c2cc(Nc3ccccc3-c3ccccc3)cc(-c3ccccn3)c2)cc1. The van der Waals surface area contributed by atoms with Crippen molar-refractivity contribution < 1.29 is 0 Å². The molecular weight excluding hydrogens is 376 g/mol. The lowest BCUT2D eigenvalue weighted by atomic mass is 9.99. The van der Waals surface area contributed by atoms with E-state index in [1.165, 1.54) is 16.7 Å². The molecule has 5 rings (SSSR count). The third kappa shape index (κ3) is 4.24. The second-order valence-corrected chi connectivity index (χ2v) is 7.42. The molecule has 5 aromatic rings. The number of pyridine rings is 1. The summed E-state index contributed by atoms with van der Waals surface area (Å²) in [7, 11) is 0. The van der Waals surface area contributed by atoms with Gasteiger partial charge in [-0.15, -0.1) is 0 Å². The third-order valence-corrected chi connectivity index (χ3v) is 5.29. The summed E-state index contributed by atoms with van der Waals surface area (Å²) in [5.74, 6) is 0. The monoisotopic (exact) mass is 398 g/mol. The van der Waals surface area contributed by atoms with Crippen LogP contribution in [0.5, 0.6) is 0 Å². The molecule has 0 atom stereocenters. The van der Waals surface area contributed by atoms with Crippen molar-refractivity contribution in [2.24, 2.45) is 0 Å². The molecule has 0 saturated carbocycles. The Morgan fingerprint density at radius 2 is 1.13 bits per heavy atom. The minimum Gasteiger partial charge on any atom is -0.355 e. The van der Waals surface area contributed by atoms with E-state index in [-0.39, 0.29) is 0 Å². The van der Waals surface area contributed by atoms with Crippen molar-refractivity contribution in [3.63, 3.8) is 0 Å². The Balaban J connectivity index is 1.60. The molecule has 0 fully saturated rings. The van der Waals surface area contributed by atoms with Crippen molar-refractivity contribution in [2.75, 3.05) is 5.32 Å². The van der Waals surface area contributed by atoms with Crippen LogP contribution in [0.1, 0.15) is 0 Å². The number of anilines is 2. The van der Waals surface area contributed by atoms with E-state index < -0.39 is 0 Å². The Bertz CT molecular complexity index is 1220. The van der Waals surface area contributed by atoms with Crippen molar-refractivity contribution in [1.82, 2.24) is 4.98 Å². The van der Waals surface area contributed by atoms with Crippen LogP contribution >= 0.6 is 0 Å². The number of benzene rings is 4. The molecule has 0 aliphatic rings. The Kier molecular flexibility index (Phi) is 5.27. The Morgan fingerprint density at radius 1 is 0.484 bits per heavy atom. The van der Waals surface area contributed by atoms with Gasteiger partial charge in [-0.2, -0.15) is 0 Å². The van der Waals surface area contributed by atoms with Gasteiger partial charge in [0.2, 0.25) is 0 Å². The van der Waals surface area contributed by atoms with Gasteiger partial charge < -0.3 is 5.32 Å². The summed E-state index contributed by atoms with van der Waals surface area (Å²) < 4.78 is 0. The van der Waals surface area contributed by atoms with Crippen LogP contribution in [0.3, 0.4) is 0 Å². The lowest BCUT2D eigenvalue weighted by Crippen LogP contribution is -1.95. The first kappa shape index (κ1) is 18.8. The van der Waals surface area contributed by atoms with Crippen LogP contribution in [0, 0.1) is 0 Å². The Morgan fingerprint density at radius 3 is 1.87 bits per heavy atom. The zero-order valence-electron chi connectivity index (χ0n) is 17.1. The highest BCUT2D eigenvalue weighted by atomic mass is 14.9. The smallest absolute Gasteiger partial charge is 0.0702 e. The summed E-state index contributed by atoms with van der Waals surface area (Å²) in [4.78, 5) is 4.57. The molecule has 0 unspecified atom stereocenters. The number of hydrogen-bond acceptors (Lipinski definition) is 2. The van der Waals surface area contributed by atoms with E-state index in [4.69, 9.17) is 0 Å². The fraction of sp³-hybridized carbons (Fsp3) is 0. The van der Waals surface area contributed by atoms with Gasteiger partial charge >= 0.3 is 0 Å². The summed E-state index contributed by atoms with van der Waals surface area (Å²) in [6, 6.07) is 41.9. The summed E-state index contributed by atoms with van der Waals surface area (Å²) in [5, 5.41) is 3.66. The summed E-state index contributed by atoms with van der Waals surface area (Å²) >= 11 is 0. The normalized spacial score (nSPS) is 10.6. The fourth-order valence-electron chi connectivity index (χ4n) is 3.80. The standard InChI is InChI=1S/C29H22N2/c1-3-11-22(12-4-1)24-19-25(28-16-9-10-18-30-28)21-26(20-24)31-29-17-8-7-15-27(29)23-13-5-2-6-14-23/h1-21,31H. The molecule has 2 nitrogen and oxygen atoms in total. The maximum absolute atomic E-state index is 4.57. The topological polar surface area (TPSA) is 24.9 Å². The molecule has 0 amide bonds. The Labute approximate surface area is 182 Å². The van der Waals surface area contributed by atoms with Crippen LogP contribution < -0.4 is 5.32 Å². The number of para-hydroxylation sites is 1. The summed E-state index contributed by atoms with van der Waals surface area (Å²) in [6.07, 6.45) is 1.84. The zero-order chi connectivity index (χ0) is 20.9. The first-order chi connectivity index (χ1) is 15.4. The van der Waals surface area contributed by atoms with E-state index in [1.54, 1.807) is 0 Å². The minimum absolute atomic E-state index is 0.958. The van der Waals surface area contributed by atoms with Gasteiger partial charge in [0.15, 0.2) is 0 Å².